The maximum atomic E-state index is 13.1. The molecule has 25 heavy (non-hydrogen) atoms. The fraction of sp³-hybridized carbons (Fsp3) is 0.316. The average molecular weight is 345 g/mol. The molecule has 1 aliphatic rings. The summed E-state index contributed by atoms with van der Waals surface area (Å²) < 4.78 is 29.3. The van der Waals surface area contributed by atoms with E-state index in [-0.39, 0.29) is 24.4 Å². The molecule has 0 aromatic heterocycles. The Morgan fingerprint density at radius 3 is 2.60 bits per heavy atom. The van der Waals surface area contributed by atoms with Gasteiger partial charge in [0.15, 0.2) is 0 Å². The van der Waals surface area contributed by atoms with Crippen molar-refractivity contribution in [2.24, 2.45) is 0 Å². The summed E-state index contributed by atoms with van der Waals surface area (Å²) in [6.07, 6.45) is -0.275. The first-order valence-electron chi connectivity index (χ1n) is 7.96. The van der Waals surface area contributed by atoms with Crippen LogP contribution in [0, 0.1) is 5.82 Å². The van der Waals surface area contributed by atoms with Crippen LogP contribution in [-0.2, 0) is 16.1 Å². The van der Waals surface area contributed by atoms with Gasteiger partial charge in [0.05, 0.1) is 20.8 Å². The normalized spacial score (nSPS) is 17.5. The van der Waals surface area contributed by atoms with Crippen molar-refractivity contribution in [3.8, 4) is 11.5 Å². The SMILES string of the molecule is COc1ccc(CN2C[C@H](c3ccc(F)cc3)OCC2=O)c(OC)c1. The third-order valence-electron chi connectivity index (χ3n) is 4.24. The molecular weight excluding hydrogens is 325 g/mol. The standard InChI is InChI=1S/C19H20FNO4/c1-23-16-8-5-14(17(9-16)24-2)10-21-11-18(25-12-19(21)22)13-3-6-15(20)7-4-13/h3-9,18H,10-12H2,1-2H3/t18-/m1/s1. The molecule has 6 heteroatoms. The summed E-state index contributed by atoms with van der Waals surface area (Å²) in [7, 11) is 3.17. The van der Waals surface area contributed by atoms with Crippen molar-refractivity contribution < 1.29 is 23.4 Å². The van der Waals surface area contributed by atoms with Gasteiger partial charge >= 0.3 is 0 Å². The molecule has 2 aromatic carbocycles. The Bertz CT molecular complexity index is 748. The van der Waals surface area contributed by atoms with Crippen LogP contribution in [0.3, 0.4) is 0 Å². The zero-order chi connectivity index (χ0) is 17.8. The van der Waals surface area contributed by atoms with Gasteiger partial charge in [-0.1, -0.05) is 12.1 Å². The van der Waals surface area contributed by atoms with Gasteiger partial charge in [-0.2, -0.15) is 0 Å². The Morgan fingerprint density at radius 1 is 1.16 bits per heavy atom. The number of hydrogen-bond acceptors (Lipinski definition) is 4. The van der Waals surface area contributed by atoms with Crippen LogP contribution in [-0.4, -0.2) is 38.2 Å². The number of ether oxygens (including phenoxy) is 3. The lowest BCUT2D eigenvalue weighted by Crippen LogP contribution is -2.42. The Morgan fingerprint density at radius 2 is 1.92 bits per heavy atom. The number of benzene rings is 2. The molecule has 0 unspecified atom stereocenters. The second-order valence-electron chi connectivity index (χ2n) is 5.80. The molecule has 1 heterocycles. The van der Waals surface area contributed by atoms with E-state index >= 15 is 0 Å². The van der Waals surface area contributed by atoms with Gasteiger partial charge in [0.2, 0.25) is 5.91 Å². The van der Waals surface area contributed by atoms with Crippen molar-refractivity contribution in [3.05, 3.63) is 59.4 Å². The summed E-state index contributed by atoms with van der Waals surface area (Å²) in [5.41, 5.74) is 1.73. The minimum atomic E-state index is -0.296. The van der Waals surface area contributed by atoms with Gasteiger partial charge in [-0.05, 0) is 29.8 Å². The zero-order valence-corrected chi connectivity index (χ0v) is 14.2. The van der Waals surface area contributed by atoms with Gasteiger partial charge in [0, 0.05) is 18.2 Å². The predicted octanol–water partition coefficient (Wildman–Crippen LogP) is 2.94. The Kier molecular flexibility index (Phi) is 5.19. The number of carbonyl (C=O) groups is 1. The van der Waals surface area contributed by atoms with Crippen LogP contribution in [0.5, 0.6) is 11.5 Å². The third kappa shape index (κ3) is 3.91. The van der Waals surface area contributed by atoms with Crippen LogP contribution in [0.4, 0.5) is 4.39 Å². The van der Waals surface area contributed by atoms with Gasteiger partial charge in [0.1, 0.15) is 30.0 Å². The molecular formula is C19H20FNO4. The van der Waals surface area contributed by atoms with Crippen molar-refractivity contribution in [1.82, 2.24) is 4.90 Å². The highest BCUT2D eigenvalue weighted by atomic mass is 19.1. The van der Waals surface area contributed by atoms with Crippen LogP contribution >= 0.6 is 0 Å². The minimum Gasteiger partial charge on any atom is -0.497 e. The molecule has 0 aliphatic carbocycles. The molecule has 1 fully saturated rings. The van der Waals surface area contributed by atoms with Crippen LogP contribution in [0.15, 0.2) is 42.5 Å². The number of methoxy groups -OCH3 is 2. The van der Waals surface area contributed by atoms with E-state index in [0.29, 0.717) is 24.6 Å². The van der Waals surface area contributed by atoms with Crippen molar-refractivity contribution in [2.75, 3.05) is 27.4 Å². The second-order valence-corrected chi connectivity index (χ2v) is 5.80. The lowest BCUT2D eigenvalue weighted by atomic mass is 10.1. The quantitative estimate of drug-likeness (QED) is 0.836. The van der Waals surface area contributed by atoms with E-state index in [1.807, 2.05) is 12.1 Å². The van der Waals surface area contributed by atoms with Gasteiger partial charge in [-0.25, -0.2) is 4.39 Å². The van der Waals surface area contributed by atoms with Crippen LogP contribution < -0.4 is 9.47 Å². The van der Waals surface area contributed by atoms with E-state index in [9.17, 15) is 9.18 Å². The van der Waals surface area contributed by atoms with Crippen LogP contribution in [0.2, 0.25) is 0 Å². The molecule has 0 spiro atoms. The monoisotopic (exact) mass is 345 g/mol. The van der Waals surface area contributed by atoms with Crippen molar-refractivity contribution in [2.45, 2.75) is 12.6 Å². The van der Waals surface area contributed by atoms with Gasteiger partial charge in [-0.15, -0.1) is 0 Å². The summed E-state index contributed by atoms with van der Waals surface area (Å²) in [4.78, 5) is 14.0. The fourth-order valence-electron chi connectivity index (χ4n) is 2.84. The first kappa shape index (κ1) is 17.2. The van der Waals surface area contributed by atoms with E-state index in [0.717, 1.165) is 11.1 Å². The number of amides is 1. The molecule has 0 radical (unpaired) electrons. The number of halogens is 1. The van der Waals surface area contributed by atoms with Crippen LogP contribution in [0.25, 0.3) is 0 Å². The number of rotatable bonds is 5. The smallest absolute Gasteiger partial charge is 0.249 e. The molecule has 0 saturated carbocycles. The van der Waals surface area contributed by atoms with E-state index in [1.54, 1.807) is 37.3 Å². The highest BCUT2D eigenvalue weighted by molar-refractivity contribution is 5.78. The maximum absolute atomic E-state index is 13.1. The Hall–Kier alpha value is -2.60. The van der Waals surface area contributed by atoms with Crippen LogP contribution in [0.1, 0.15) is 17.2 Å². The summed E-state index contributed by atoms with van der Waals surface area (Å²) >= 11 is 0. The summed E-state index contributed by atoms with van der Waals surface area (Å²) in [5.74, 6) is 0.974. The van der Waals surface area contributed by atoms with Crippen molar-refractivity contribution >= 4 is 5.91 Å². The molecule has 1 atom stereocenters. The van der Waals surface area contributed by atoms with E-state index in [4.69, 9.17) is 14.2 Å². The second kappa shape index (κ2) is 7.53. The molecule has 3 rings (SSSR count). The average Bonchev–Trinajstić information content (AvgIpc) is 2.64. The molecule has 2 aromatic rings. The van der Waals surface area contributed by atoms with Gasteiger partial charge < -0.3 is 19.1 Å². The first-order chi connectivity index (χ1) is 12.1. The Labute approximate surface area is 145 Å². The largest absolute Gasteiger partial charge is 0.497 e. The highest BCUT2D eigenvalue weighted by Crippen LogP contribution is 2.28. The Balaban J connectivity index is 1.77. The summed E-state index contributed by atoms with van der Waals surface area (Å²) in [6, 6.07) is 11.7. The van der Waals surface area contributed by atoms with Gasteiger partial charge in [-0.3, -0.25) is 4.79 Å². The molecule has 0 N–H and O–H groups in total. The van der Waals surface area contributed by atoms with E-state index < -0.39 is 0 Å². The van der Waals surface area contributed by atoms with Gasteiger partial charge in [0.25, 0.3) is 0 Å². The zero-order valence-electron chi connectivity index (χ0n) is 14.2. The van der Waals surface area contributed by atoms with E-state index in [1.165, 1.54) is 12.1 Å². The topological polar surface area (TPSA) is 48.0 Å². The molecule has 1 saturated heterocycles. The minimum absolute atomic E-state index is 0.000509. The highest BCUT2D eigenvalue weighted by Gasteiger charge is 2.28. The van der Waals surface area contributed by atoms with Crippen molar-refractivity contribution in [3.63, 3.8) is 0 Å². The summed E-state index contributed by atoms with van der Waals surface area (Å²) in [6.45, 7) is 0.813. The maximum Gasteiger partial charge on any atom is 0.249 e. The molecule has 1 aliphatic heterocycles. The lowest BCUT2D eigenvalue weighted by Gasteiger charge is -2.33. The predicted molar refractivity (Wildman–Crippen MR) is 90.1 cm³/mol. The lowest BCUT2D eigenvalue weighted by molar-refractivity contribution is -0.150. The number of morpholine rings is 1. The third-order valence-corrected chi connectivity index (χ3v) is 4.24. The molecule has 0 bridgehead atoms. The first-order valence-corrected chi connectivity index (χ1v) is 7.96. The summed E-state index contributed by atoms with van der Waals surface area (Å²) in [5, 5.41) is 0. The van der Waals surface area contributed by atoms with E-state index in [2.05, 4.69) is 0 Å². The molecule has 132 valence electrons. The fourth-order valence-corrected chi connectivity index (χ4v) is 2.84. The number of hydrogen-bond donors (Lipinski definition) is 0. The van der Waals surface area contributed by atoms with Crippen molar-refractivity contribution in [1.29, 1.82) is 0 Å². The molecule has 1 amide bonds. The number of carbonyl (C=O) groups excluding carboxylic acids is 1. The number of nitrogens with zero attached hydrogens (tertiary/aromatic N) is 1. The molecule has 5 nitrogen and oxygen atoms in total.